The summed E-state index contributed by atoms with van der Waals surface area (Å²) < 4.78 is 0. The number of hydrogen-bond acceptors (Lipinski definition) is 2. The standard InChI is InChI=1S/C20H37NO.CH4/c1-19(2,3)18(22)17(21-20(4,5)6)13-16-11-14-7-8-15(12-16)10-9-14;/h14-17,21H,7-13H2,1-6H3;1H4. The van der Waals surface area contributed by atoms with E-state index in [4.69, 9.17) is 0 Å². The molecule has 0 aromatic carbocycles. The van der Waals surface area contributed by atoms with E-state index in [2.05, 4.69) is 46.9 Å². The monoisotopic (exact) mass is 323 g/mol. The van der Waals surface area contributed by atoms with Gasteiger partial charge in [-0.3, -0.25) is 4.79 Å². The van der Waals surface area contributed by atoms with Crippen LogP contribution in [0.2, 0.25) is 0 Å². The molecule has 3 aliphatic carbocycles. The average molecular weight is 324 g/mol. The van der Waals surface area contributed by atoms with Gasteiger partial charge in [0.25, 0.3) is 0 Å². The third kappa shape index (κ3) is 6.21. The van der Waals surface area contributed by atoms with Crippen LogP contribution in [0, 0.1) is 23.2 Å². The maximum atomic E-state index is 12.9. The summed E-state index contributed by atoms with van der Waals surface area (Å²) in [6, 6.07) is 0.0162. The highest BCUT2D eigenvalue weighted by atomic mass is 16.1. The van der Waals surface area contributed by atoms with Gasteiger partial charge in [-0.05, 0) is 57.8 Å². The molecule has 1 unspecified atom stereocenters. The van der Waals surface area contributed by atoms with Crippen LogP contribution >= 0.6 is 0 Å². The van der Waals surface area contributed by atoms with Crippen LogP contribution in [0.15, 0.2) is 0 Å². The number of fused-ring (bicyclic) bond motifs is 4. The first kappa shape index (κ1) is 20.7. The molecule has 1 N–H and O–H groups in total. The molecule has 2 bridgehead atoms. The quantitative estimate of drug-likeness (QED) is 0.729. The molecule has 2 nitrogen and oxygen atoms in total. The van der Waals surface area contributed by atoms with Crippen molar-refractivity contribution in [1.29, 1.82) is 0 Å². The van der Waals surface area contributed by atoms with E-state index < -0.39 is 0 Å². The first-order chi connectivity index (χ1) is 10.0. The lowest BCUT2D eigenvalue weighted by molar-refractivity contribution is -0.129. The van der Waals surface area contributed by atoms with E-state index in [1.54, 1.807) is 0 Å². The molecule has 23 heavy (non-hydrogen) atoms. The molecule has 136 valence electrons. The van der Waals surface area contributed by atoms with Gasteiger partial charge in [0.1, 0.15) is 0 Å². The largest absolute Gasteiger partial charge is 0.303 e. The Morgan fingerprint density at radius 1 is 0.957 bits per heavy atom. The van der Waals surface area contributed by atoms with E-state index in [1.165, 1.54) is 38.5 Å². The van der Waals surface area contributed by atoms with Gasteiger partial charge in [0.2, 0.25) is 0 Å². The van der Waals surface area contributed by atoms with Gasteiger partial charge in [-0.1, -0.05) is 53.9 Å². The number of hydrogen-bond donors (Lipinski definition) is 1. The van der Waals surface area contributed by atoms with Gasteiger partial charge in [-0.2, -0.15) is 0 Å². The molecule has 3 aliphatic rings. The zero-order valence-corrected chi connectivity index (χ0v) is 15.7. The minimum Gasteiger partial charge on any atom is -0.303 e. The number of carbonyl (C=O) groups excluding carboxylic acids is 1. The summed E-state index contributed by atoms with van der Waals surface area (Å²) in [6.07, 6.45) is 9.50. The second-order valence-corrected chi connectivity index (χ2v) is 10.0. The second-order valence-electron chi connectivity index (χ2n) is 10.0. The summed E-state index contributed by atoms with van der Waals surface area (Å²) in [6.45, 7) is 12.7. The van der Waals surface area contributed by atoms with Crippen molar-refractivity contribution in [3.63, 3.8) is 0 Å². The topological polar surface area (TPSA) is 29.1 Å². The molecule has 1 atom stereocenters. The van der Waals surface area contributed by atoms with Crippen LogP contribution in [0.1, 0.15) is 93.9 Å². The Hall–Kier alpha value is -0.370. The Bertz CT molecular complexity index is 366. The van der Waals surface area contributed by atoms with Gasteiger partial charge in [0.15, 0.2) is 5.78 Å². The van der Waals surface area contributed by atoms with Crippen molar-refractivity contribution in [2.24, 2.45) is 23.2 Å². The highest BCUT2D eigenvalue weighted by Gasteiger charge is 2.36. The zero-order valence-electron chi connectivity index (χ0n) is 15.7. The van der Waals surface area contributed by atoms with Crippen LogP contribution in [0.5, 0.6) is 0 Å². The van der Waals surface area contributed by atoms with Gasteiger partial charge < -0.3 is 5.32 Å². The normalized spacial score (nSPS) is 29.6. The van der Waals surface area contributed by atoms with Crippen LogP contribution in [-0.2, 0) is 4.79 Å². The van der Waals surface area contributed by atoms with E-state index in [1.807, 2.05) is 0 Å². The minimum atomic E-state index is -0.257. The Morgan fingerprint density at radius 3 is 1.74 bits per heavy atom. The molecule has 0 aromatic rings. The van der Waals surface area contributed by atoms with Crippen LogP contribution in [0.4, 0.5) is 0 Å². The molecule has 3 fully saturated rings. The third-order valence-corrected chi connectivity index (χ3v) is 5.53. The van der Waals surface area contributed by atoms with Gasteiger partial charge in [0, 0.05) is 11.0 Å². The van der Waals surface area contributed by atoms with Crippen molar-refractivity contribution >= 4 is 5.78 Å². The summed E-state index contributed by atoms with van der Waals surface area (Å²) in [7, 11) is 0. The molecular formula is C21H41NO. The molecule has 0 spiro atoms. The fraction of sp³-hybridized carbons (Fsp3) is 0.952. The Kier molecular flexibility index (Phi) is 6.90. The van der Waals surface area contributed by atoms with Crippen LogP contribution in [0.25, 0.3) is 0 Å². The Morgan fingerprint density at radius 2 is 1.39 bits per heavy atom. The van der Waals surface area contributed by atoms with E-state index in [-0.39, 0.29) is 24.4 Å². The Balaban J connectivity index is 0.00000264. The molecule has 0 aromatic heterocycles. The van der Waals surface area contributed by atoms with Crippen LogP contribution in [0.3, 0.4) is 0 Å². The van der Waals surface area contributed by atoms with Gasteiger partial charge in [0.05, 0.1) is 6.04 Å². The van der Waals surface area contributed by atoms with Gasteiger partial charge in [-0.15, -0.1) is 0 Å². The zero-order chi connectivity index (χ0) is 16.5. The number of carbonyl (C=O) groups is 1. The van der Waals surface area contributed by atoms with Crippen molar-refractivity contribution in [2.45, 2.75) is 105 Å². The predicted octanol–water partition coefficient (Wildman–Crippen LogP) is 5.60. The predicted molar refractivity (Wildman–Crippen MR) is 101 cm³/mol. The van der Waals surface area contributed by atoms with Gasteiger partial charge >= 0.3 is 0 Å². The lowest BCUT2D eigenvalue weighted by atomic mass is 9.80. The lowest BCUT2D eigenvalue weighted by Crippen LogP contribution is -2.51. The lowest BCUT2D eigenvalue weighted by Gasteiger charge is -2.34. The molecule has 0 heterocycles. The minimum absolute atomic E-state index is 0. The van der Waals surface area contributed by atoms with Crippen molar-refractivity contribution in [3.05, 3.63) is 0 Å². The van der Waals surface area contributed by atoms with Crippen molar-refractivity contribution in [3.8, 4) is 0 Å². The summed E-state index contributed by atoms with van der Waals surface area (Å²) in [5.41, 5.74) is -0.262. The van der Waals surface area contributed by atoms with Crippen LogP contribution < -0.4 is 5.32 Å². The molecule has 0 saturated heterocycles. The fourth-order valence-electron chi connectivity index (χ4n) is 4.54. The van der Waals surface area contributed by atoms with Crippen molar-refractivity contribution in [2.75, 3.05) is 0 Å². The number of rotatable bonds is 4. The molecule has 3 rings (SSSR count). The fourth-order valence-corrected chi connectivity index (χ4v) is 4.54. The summed E-state index contributed by atoms with van der Waals surface area (Å²) in [4.78, 5) is 12.9. The maximum absolute atomic E-state index is 12.9. The first-order valence-electron chi connectivity index (χ1n) is 9.36. The third-order valence-electron chi connectivity index (χ3n) is 5.53. The summed E-state index contributed by atoms with van der Waals surface area (Å²) in [5, 5.41) is 3.63. The van der Waals surface area contributed by atoms with E-state index in [9.17, 15) is 4.79 Å². The molecule has 2 heteroatoms. The summed E-state index contributed by atoms with van der Waals surface area (Å²) >= 11 is 0. The molecule has 0 radical (unpaired) electrons. The molecule has 0 aliphatic heterocycles. The highest BCUT2D eigenvalue weighted by molar-refractivity contribution is 5.88. The SMILES string of the molecule is C.CC(C)(C)NC(CC1CC2CCC(CC2)C1)C(=O)C(C)(C)C. The van der Waals surface area contributed by atoms with E-state index >= 15 is 0 Å². The number of ketones is 1. The van der Waals surface area contributed by atoms with Crippen molar-refractivity contribution < 1.29 is 4.79 Å². The van der Waals surface area contributed by atoms with Crippen molar-refractivity contribution in [1.82, 2.24) is 5.32 Å². The van der Waals surface area contributed by atoms with Crippen LogP contribution in [-0.4, -0.2) is 17.4 Å². The summed E-state index contributed by atoms with van der Waals surface area (Å²) in [5.74, 6) is 3.00. The number of nitrogens with one attached hydrogen (secondary N) is 1. The first-order valence-corrected chi connectivity index (χ1v) is 9.36. The highest BCUT2D eigenvalue weighted by Crippen LogP contribution is 2.43. The van der Waals surface area contributed by atoms with E-state index in [0.29, 0.717) is 5.78 Å². The Labute approximate surface area is 145 Å². The van der Waals surface area contributed by atoms with Gasteiger partial charge in [-0.25, -0.2) is 0 Å². The number of Topliss-reactive ketones (excluding diaryl/α,β-unsaturated/α-hetero) is 1. The molecule has 0 amide bonds. The average Bonchev–Trinajstić information content (AvgIpc) is 2.66. The second kappa shape index (κ2) is 7.68. The molecular weight excluding hydrogens is 282 g/mol. The molecule has 3 saturated carbocycles. The maximum Gasteiger partial charge on any atom is 0.155 e. The smallest absolute Gasteiger partial charge is 0.155 e. The van der Waals surface area contributed by atoms with E-state index in [0.717, 1.165) is 24.2 Å².